The summed E-state index contributed by atoms with van der Waals surface area (Å²) < 4.78 is 4.17. The van der Waals surface area contributed by atoms with Crippen LogP contribution in [0.15, 0.2) is 17.4 Å². The van der Waals surface area contributed by atoms with Crippen LogP contribution in [0.2, 0.25) is 0 Å². The van der Waals surface area contributed by atoms with Gasteiger partial charge in [-0.2, -0.15) is 5.10 Å². The molecule has 12 heavy (non-hydrogen) atoms. The lowest BCUT2D eigenvalue weighted by molar-refractivity contribution is 0.0759. The molecule has 0 saturated carbocycles. The van der Waals surface area contributed by atoms with Crippen LogP contribution in [0.4, 0.5) is 4.79 Å². The molecule has 0 aliphatic heterocycles. The predicted octanol–water partition coefficient (Wildman–Crippen LogP) is 0.527. The molecule has 0 bridgehead atoms. The van der Waals surface area contributed by atoms with Crippen molar-refractivity contribution in [2.75, 3.05) is 7.11 Å². The van der Waals surface area contributed by atoms with Crippen molar-refractivity contribution < 1.29 is 14.4 Å². The van der Waals surface area contributed by atoms with Gasteiger partial charge in [-0.1, -0.05) is 5.16 Å². The first kappa shape index (κ1) is 8.25. The molecule has 1 N–H and O–H groups in total. The number of rotatable bonds is 2. The van der Waals surface area contributed by atoms with Crippen molar-refractivity contribution in [2.24, 2.45) is 5.16 Å². The molecule has 0 amide bonds. The first-order chi connectivity index (χ1) is 5.83. The largest absolute Gasteiger partial charge is 0.534 e. The van der Waals surface area contributed by atoms with Crippen LogP contribution in [-0.2, 0) is 9.57 Å². The summed E-state index contributed by atoms with van der Waals surface area (Å²) in [5, 5.41) is 9.60. The van der Waals surface area contributed by atoms with Crippen molar-refractivity contribution >= 4 is 12.4 Å². The molecule has 0 saturated heterocycles. The number of nitrogens with zero attached hydrogens (tertiary/aromatic N) is 2. The van der Waals surface area contributed by atoms with Crippen molar-refractivity contribution in [3.05, 3.63) is 18.0 Å². The van der Waals surface area contributed by atoms with Gasteiger partial charge in [-0.3, -0.25) is 9.94 Å². The molecule has 0 aromatic carbocycles. The average molecular weight is 169 g/mol. The van der Waals surface area contributed by atoms with Crippen LogP contribution in [0.25, 0.3) is 0 Å². The number of H-pyrrole nitrogens is 1. The Bertz CT molecular complexity index is 268. The van der Waals surface area contributed by atoms with E-state index in [2.05, 4.69) is 24.9 Å². The van der Waals surface area contributed by atoms with E-state index in [-0.39, 0.29) is 0 Å². The fraction of sp³-hybridized carbons (Fsp3) is 0.167. The number of hydrogen-bond donors (Lipinski definition) is 1. The highest BCUT2D eigenvalue weighted by Gasteiger charge is 1.96. The average Bonchev–Trinajstić information content (AvgIpc) is 2.57. The van der Waals surface area contributed by atoms with Crippen LogP contribution in [-0.4, -0.2) is 29.7 Å². The third-order valence-electron chi connectivity index (χ3n) is 1.00. The molecule has 64 valence electrons. The maximum atomic E-state index is 10.4. The fourth-order valence-corrected chi connectivity index (χ4v) is 0.504. The number of methoxy groups -OCH3 is 1. The molecule has 0 aliphatic carbocycles. The molecule has 1 aromatic rings. The van der Waals surface area contributed by atoms with Crippen molar-refractivity contribution in [3.63, 3.8) is 0 Å². The van der Waals surface area contributed by atoms with E-state index < -0.39 is 6.16 Å². The van der Waals surface area contributed by atoms with Gasteiger partial charge in [0.15, 0.2) is 0 Å². The molecule has 0 fully saturated rings. The Morgan fingerprint density at radius 3 is 3.25 bits per heavy atom. The van der Waals surface area contributed by atoms with Crippen LogP contribution < -0.4 is 0 Å². The number of aromatic nitrogens is 2. The SMILES string of the molecule is COC(=O)O/N=C/c1cc[nH]n1. The smallest absolute Gasteiger partial charge is 0.436 e. The van der Waals surface area contributed by atoms with Crippen LogP contribution in [0, 0.1) is 0 Å². The zero-order valence-corrected chi connectivity index (χ0v) is 6.35. The number of hydrogen-bond acceptors (Lipinski definition) is 5. The second kappa shape index (κ2) is 4.12. The van der Waals surface area contributed by atoms with E-state index in [1.807, 2.05) is 0 Å². The highest BCUT2D eigenvalue weighted by Crippen LogP contribution is 1.87. The fourth-order valence-electron chi connectivity index (χ4n) is 0.504. The first-order valence-corrected chi connectivity index (χ1v) is 3.11. The standard InChI is InChI=1S/C6H7N3O3/c1-11-6(10)12-8-4-5-2-3-7-9-5/h2-4H,1H3,(H,7,9)/b8-4+. The number of ether oxygens (including phenoxy) is 1. The summed E-state index contributed by atoms with van der Waals surface area (Å²) in [7, 11) is 1.20. The molecular formula is C6H7N3O3. The number of carbonyl (C=O) groups excluding carboxylic acids is 1. The summed E-state index contributed by atoms with van der Waals surface area (Å²) in [5.41, 5.74) is 0.568. The van der Waals surface area contributed by atoms with E-state index in [1.54, 1.807) is 12.3 Å². The highest BCUT2D eigenvalue weighted by molar-refractivity contribution is 5.76. The molecule has 0 atom stereocenters. The summed E-state index contributed by atoms with van der Waals surface area (Å²) in [5.74, 6) is 0. The highest BCUT2D eigenvalue weighted by atomic mass is 16.8. The summed E-state index contributed by atoms with van der Waals surface area (Å²) in [6.45, 7) is 0. The molecular weight excluding hydrogens is 162 g/mol. The van der Waals surface area contributed by atoms with Crippen LogP contribution >= 0.6 is 0 Å². The van der Waals surface area contributed by atoms with E-state index in [0.717, 1.165) is 0 Å². The number of aromatic amines is 1. The summed E-state index contributed by atoms with van der Waals surface area (Å²) in [6, 6.07) is 1.67. The van der Waals surface area contributed by atoms with Crippen LogP contribution in [0.5, 0.6) is 0 Å². The van der Waals surface area contributed by atoms with Crippen molar-refractivity contribution in [1.82, 2.24) is 10.2 Å². The normalized spacial score (nSPS) is 10.1. The van der Waals surface area contributed by atoms with Gasteiger partial charge in [0.1, 0.15) is 5.69 Å². The Balaban J connectivity index is 2.37. The molecule has 6 nitrogen and oxygen atoms in total. The minimum atomic E-state index is -0.859. The molecule has 0 radical (unpaired) electrons. The Hall–Kier alpha value is -1.85. The second-order valence-electron chi connectivity index (χ2n) is 1.78. The molecule has 6 heteroatoms. The van der Waals surface area contributed by atoms with E-state index in [4.69, 9.17) is 0 Å². The monoisotopic (exact) mass is 169 g/mol. The third-order valence-corrected chi connectivity index (χ3v) is 1.00. The summed E-state index contributed by atoms with van der Waals surface area (Å²) in [6.07, 6.45) is 2.05. The number of carbonyl (C=O) groups is 1. The van der Waals surface area contributed by atoms with Gasteiger partial charge in [-0.15, -0.1) is 0 Å². The van der Waals surface area contributed by atoms with E-state index >= 15 is 0 Å². The summed E-state index contributed by atoms with van der Waals surface area (Å²) in [4.78, 5) is 14.6. The molecule has 0 aliphatic rings. The van der Waals surface area contributed by atoms with Crippen LogP contribution in [0.3, 0.4) is 0 Å². The Kier molecular flexibility index (Phi) is 2.83. The summed E-state index contributed by atoms with van der Waals surface area (Å²) >= 11 is 0. The Labute approximate surface area is 68.2 Å². The lowest BCUT2D eigenvalue weighted by Crippen LogP contribution is -1.98. The van der Waals surface area contributed by atoms with Crippen molar-refractivity contribution in [3.8, 4) is 0 Å². The minimum absolute atomic E-state index is 0.568. The van der Waals surface area contributed by atoms with E-state index in [1.165, 1.54) is 13.3 Å². The maximum absolute atomic E-state index is 10.4. The maximum Gasteiger partial charge on any atom is 0.534 e. The number of oxime groups is 1. The van der Waals surface area contributed by atoms with Gasteiger partial charge in [0, 0.05) is 6.20 Å². The van der Waals surface area contributed by atoms with E-state index in [9.17, 15) is 4.79 Å². The predicted molar refractivity (Wildman–Crippen MR) is 39.7 cm³/mol. The third kappa shape index (κ3) is 2.41. The molecule has 1 rings (SSSR count). The zero-order valence-electron chi connectivity index (χ0n) is 6.35. The minimum Gasteiger partial charge on any atom is -0.436 e. The van der Waals surface area contributed by atoms with Gasteiger partial charge >= 0.3 is 6.16 Å². The van der Waals surface area contributed by atoms with Gasteiger partial charge in [-0.05, 0) is 6.07 Å². The zero-order chi connectivity index (χ0) is 8.81. The van der Waals surface area contributed by atoms with Gasteiger partial charge in [0.05, 0.1) is 13.3 Å². The molecule has 0 spiro atoms. The van der Waals surface area contributed by atoms with Gasteiger partial charge < -0.3 is 4.74 Å². The van der Waals surface area contributed by atoms with E-state index in [0.29, 0.717) is 5.69 Å². The second-order valence-corrected chi connectivity index (χ2v) is 1.78. The Morgan fingerprint density at radius 1 is 1.83 bits per heavy atom. The lowest BCUT2D eigenvalue weighted by Gasteiger charge is -1.90. The topological polar surface area (TPSA) is 76.6 Å². The van der Waals surface area contributed by atoms with Crippen molar-refractivity contribution in [1.29, 1.82) is 0 Å². The van der Waals surface area contributed by atoms with Gasteiger partial charge in [0.25, 0.3) is 0 Å². The van der Waals surface area contributed by atoms with Gasteiger partial charge in [0.2, 0.25) is 0 Å². The van der Waals surface area contributed by atoms with Gasteiger partial charge in [-0.25, -0.2) is 4.79 Å². The quantitative estimate of drug-likeness (QED) is 0.303. The Morgan fingerprint density at radius 2 is 2.67 bits per heavy atom. The lowest BCUT2D eigenvalue weighted by atomic mass is 10.5. The van der Waals surface area contributed by atoms with Crippen LogP contribution in [0.1, 0.15) is 5.69 Å². The van der Waals surface area contributed by atoms with Crippen molar-refractivity contribution in [2.45, 2.75) is 0 Å². The molecule has 1 heterocycles. The molecule has 1 aromatic heterocycles. The molecule has 0 unspecified atom stereocenters. The first-order valence-electron chi connectivity index (χ1n) is 3.11. The number of nitrogens with one attached hydrogen (secondary N) is 1.